The molecule has 0 atom stereocenters. The molecule has 2 N–H and O–H groups in total. The highest BCUT2D eigenvalue weighted by atomic mass is 15.1. The Hall–Kier alpha value is -2.29. The van der Waals surface area contributed by atoms with Crippen molar-refractivity contribution in [2.24, 2.45) is 0 Å². The molecule has 3 nitrogen and oxygen atoms in total. The van der Waals surface area contributed by atoms with Crippen LogP contribution in [-0.2, 0) is 6.42 Å². The predicted molar refractivity (Wildman–Crippen MR) is 84.2 cm³/mol. The van der Waals surface area contributed by atoms with Crippen LogP contribution in [0.2, 0.25) is 0 Å². The van der Waals surface area contributed by atoms with Crippen LogP contribution < -0.4 is 5.73 Å². The van der Waals surface area contributed by atoms with Crippen LogP contribution in [0.15, 0.2) is 42.5 Å². The van der Waals surface area contributed by atoms with E-state index in [9.17, 15) is 0 Å². The Morgan fingerprint density at radius 2 is 1.85 bits per heavy atom. The first kappa shape index (κ1) is 12.7. The summed E-state index contributed by atoms with van der Waals surface area (Å²) in [7, 11) is 0. The van der Waals surface area contributed by atoms with Crippen molar-refractivity contribution < 1.29 is 0 Å². The molecule has 0 aliphatic rings. The third-order valence-electron chi connectivity index (χ3n) is 3.58. The second-order valence-corrected chi connectivity index (χ2v) is 5.16. The summed E-state index contributed by atoms with van der Waals surface area (Å²) in [5, 5.41) is 0. The monoisotopic (exact) mass is 265 g/mol. The maximum absolute atomic E-state index is 5.83. The third kappa shape index (κ3) is 2.16. The Labute approximate surface area is 119 Å². The molecule has 0 aliphatic carbocycles. The van der Waals surface area contributed by atoms with E-state index in [4.69, 9.17) is 5.73 Å². The highest BCUT2D eigenvalue weighted by molar-refractivity contribution is 5.81. The zero-order chi connectivity index (χ0) is 14.1. The molecule has 3 aromatic rings. The highest BCUT2D eigenvalue weighted by Gasteiger charge is 2.09. The lowest BCUT2D eigenvalue weighted by molar-refractivity contribution is 0.918. The van der Waals surface area contributed by atoms with Crippen molar-refractivity contribution in [3.05, 3.63) is 53.9 Å². The molecule has 3 heteroatoms. The van der Waals surface area contributed by atoms with E-state index in [2.05, 4.69) is 40.7 Å². The van der Waals surface area contributed by atoms with Gasteiger partial charge in [0.2, 0.25) is 0 Å². The number of nitrogens with zero attached hydrogens (tertiary/aromatic N) is 2. The van der Waals surface area contributed by atoms with Crippen molar-refractivity contribution in [2.75, 3.05) is 5.73 Å². The van der Waals surface area contributed by atoms with E-state index in [-0.39, 0.29) is 0 Å². The summed E-state index contributed by atoms with van der Waals surface area (Å²) in [6.45, 7) is 4.22. The predicted octanol–water partition coefficient (Wildman–Crippen LogP) is 3.87. The third-order valence-corrected chi connectivity index (χ3v) is 3.58. The van der Waals surface area contributed by atoms with Crippen LogP contribution >= 0.6 is 0 Å². The molecule has 0 amide bonds. The number of rotatable bonds is 3. The lowest BCUT2D eigenvalue weighted by atomic mass is 10.1. The van der Waals surface area contributed by atoms with E-state index in [1.165, 1.54) is 12.0 Å². The highest BCUT2D eigenvalue weighted by Crippen LogP contribution is 2.23. The van der Waals surface area contributed by atoms with E-state index < -0.39 is 0 Å². The van der Waals surface area contributed by atoms with Gasteiger partial charge in [-0.15, -0.1) is 0 Å². The van der Waals surface area contributed by atoms with Gasteiger partial charge in [-0.2, -0.15) is 0 Å². The van der Waals surface area contributed by atoms with Gasteiger partial charge in [0.15, 0.2) is 0 Å². The number of aryl methyl sites for hydroxylation is 2. The molecular weight excluding hydrogens is 246 g/mol. The Morgan fingerprint density at radius 3 is 2.55 bits per heavy atom. The van der Waals surface area contributed by atoms with Gasteiger partial charge in [-0.3, -0.25) is 4.57 Å². The summed E-state index contributed by atoms with van der Waals surface area (Å²) < 4.78 is 2.17. The van der Waals surface area contributed by atoms with E-state index in [0.29, 0.717) is 0 Å². The van der Waals surface area contributed by atoms with Crippen molar-refractivity contribution in [3.8, 4) is 5.69 Å². The molecule has 0 bridgehead atoms. The molecule has 0 unspecified atom stereocenters. The van der Waals surface area contributed by atoms with Crippen molar-refractivity contribution in [3.63, 3.8) is 0 Å². The maximum Gasteiger partial charge on any atom is 0.111 e. The Bertz CT molecular complexity index is 739. The molecule has 0 aliphatic heterocycles. The average Bonchev–Trinajstić information content (AvgIpc) is 2.75. The van der Waals surface area contributed by atoms with Crippen LogP contribution in [0.5, 0.6) is 0 Å². The minimum absolute atomic E-state index is 0.750. The SMILES string of the molecule is CCCc1ccc(-n2c(C)nc3cc(N)ccc32)cc1. The molecule has 0 fully saturated rings. The number of hydrogen-bond donors (Lipinski definition) is 1. The lowest BCUT2D eigenvalue weighted by Gasteiger charge is -2.08. The number of aromatic nitrogens is 2. The number of benzene rings is 2. The summed E-state index contributed by atoms with van der Waals surface area (Å²) in [5.41, 5.74) is 11.1. The molecule has 0 saturated heterocycles. The van der Waals surface area contributed by atoms with Crippen LogP contribution in [0.1, 0.15) is 24.7 Å². The van der Waals surface area contributed by atoms with Gasteiger partial charge < -0.3 is 5.73 Å². The molecule has 3 rings (SSSR count). The fourth-order valence-corrected chi connectivity index (χ4v) is 2.64. The lowest BCUT2D eigenvalue weighted by Crippen LogP contribution is -1.97. The number of nitrogen functional groups attached to an aromatic ring is 1. The summed E-state index contributed by atoms with van der Waals surface area (Å²) in [6, 6.07) is 14.6. The fraction of sp³-hybridized carbons (Fsp3) is 0.235. The molecule has 0 saturated carbocycles. The minimum atomic E-state index is 0.750. The van der Waals surface area contributed by atoms with Crippen LogP contribution in [0.25, 0.3) is 16.7 Å². The molecule has 2 aromatic carbocycles. The Kier molecular flexibility index (Phi) is 3.18. The molecule has 0 spiro atoms. The first-order valence-electron chi connectivity index (χ1n) is 7.03. The Balaban J connectivity index is 2.11. The second-order valence-electron chi connectivity index (χ2n) is 5.16. The second kappa shape index (κ2) is 5.00. The molecular formula is C17H19N3. The van der Waals surface area contributed by atoms with Gasteiger partial charge in [0, 0.05) is 11.4 Å². The normalized spacial score (nSPS) is 11.1. The molecule has 102 valence electrons. The van der Waals surface area contributed by atoms with Crippen LogP contribution in [-0.4, -0.2) is 9.55 Å². The number of anilines is 1. The summed E-state index contributed by atoms with van der Waals surface area (Å²) >= 11 is 0. The number of fused-ring (bicyclic) bond motifs is 1. The van der Waals surface area contributed by atoms with Gasteiger partial charge in [-0.1, -0.05) is 25.5 Å². The number of nitrogens with two attached hydrogens (primary N) is 1. The van der Waals surface area contributed by atoms with E-state index >= 15 is 0 Å². The number of imidazole rings is 1. The van der Waals surface area contributed by atoms with Gasteiger partial charge in [0.1, 0.15) is 5.82 Å². The zero-order valence-corrected chi connectivity index (χ0v) is 11.9. The average molecular weight is 265 g/mol. The fourth-order valence-electron chi connectivity index (χ4n) is 2.64. The quantitative estimate of drug-likeness (QED) is 0.731. The van der Waals surface area contributed by atoms with Crippen LogP contribution in [0.4, 0.5) is 5.69 Å². The van der Waals surface area contributed by atoms with Crippen LogP contribution in [0.3, 0.4) is 0 Å². The minimum Gasteiger partial charge on any atom is -0.399 e. The topological polar surface area (TPSA) is 43.8 Å². The maximum atomic E-state index is 5.83. The number of hydrogen-bond acceptors (Lipinski definition) is 2. The van der Waals surface area contributed by atoms with Crippen LogP contribution in [0, 0.1) is 6.92 Å². The van der Waals surface area contributed by atoms with Gasteiger partial charge in [-0.05, 0) is 49.2 Å². The van der Waals surface area contributed by atoms with Gasteiger partial charge >= 0.3 is 0 Å². The molecule has 0 radical (unpaired) electrons. The van der Waals surface area contributed by atoms with E-state index in [0.717, 1.165) is 34.7 Å². The van der Waals surface area contributed by atoms with Gasteiger partial charge in [0.25, 0.3) is 0 Å². The zero-order valence-electron chi connectivity index (χ0n) is 11.9. The van der Waals surface area contributed by atoms with Crippen molar-refractivity contribution in [1.29, 1.82) is 0 Å². The summed E-state index contributed by atoms with van der Waals surface area (Å²) in [6.07, 6.45) is 2.30. The molecule has 1 aromatic heterocycles. The Morgan fingerprint density at radius 1 is 1.10 bits per heavy atom. The molecule has 1 heterocycles. The largest absolute Gasteiger partial charge is 0.399 e. The van der Waals surface area contributed by atoms with Crippen molar-refractivity contribution in [1.82, 2.24) is 9.55 Å². The summed E-state index contributed by atoms with van der Waals surface area (Å²) in [5.74, 6) is 0.980. The first-order chi connectivity index (χ1) is 9.69. The molecule has 20 heavy (non-hydrogen) atoms. The standard InChI is InChI=1S/C17H19N3/c1-3-4-13-5-8-15(9-6-13)20-12(2)19-16-11-14(18)7-10-17(16)20/h5-11H,3-4,18H2,1-2H3. The van der Waals surface area contributed by atoms with Gasteiger partial charge in [0.05, 0.1) is 11.0 Å². The van der Waals surface area contributed by atoms with Crippen molar-refractivity contribution >= 4 is 16.7 Å². The van der Waals surface area contributed by atoms with Crippen molar-refractivity contribution in [2.45, 2.75) is 26.7 Å². The smallest absolute Gasteiger partial charge is 0.111 e. The van der Waals surface area contributed by atoms with E-state index in [1.54, 1.807) is 0 Å². The summed E-state index contributed by atoms with van der Waals surface area (Å²) in [4.78, 5) is 4.59. The van der Waals surface area contributed by atoms with E-state index in [1.807, 2.05) is 25.1 Å². The van der Waals surface area contributed by atoms with Gasteiger partial charge in [-0.25, -0.2) is 4.98 Å². The first-order valence-corrected chi connectivity index (χ1v) is 7.03.